The number of carbonyl (C=O) groups excluding carboxylic acids is 1. The van der Waals surface area contributed by atoms with E-state index in [1.165, 1.54) is 4.90 Å². The van der Waals surface area contributed by atoms with Crippen LogP contribution in [-0.2, 0) is 19.3 Å². The molecular formula is C14H22N2O4S. The highest BCUT2D eigenvalue weighted by molar-refractivity contribution is 7.84. The van der Waals surface area contributed by atoms with Gasteiger partial charge in [-0.1, -0.05) is 25.1 Å². The van der Waals surface area contributed by atoms with Crippen molar-refractivity contribution in [2.24, 2.45) is 0 Å². The Morgan fingerprint density at radius 2 is 1.90 bits per heavy atom. The molecule has 0 atom stereocenters. The molecule has 21 heavy (non-hydrogen) atoms. The summed E-state index contributed by atoms with van der Waals surface area (Å²) in [4.78, 5) is 13.7. The van der Waals surface area contributed by atoms with Crippen LogP contribution in [0.4, 0.5) is 5.69 Å². The van der Waals surface area contributed by atoms with Crippen LogP contribution in [0.25, 0.3) is 0 Å². The van der Waals surface area contributed by atoms with E-state index in [4.69, 9.17) is 4.18 Å². The molecule has 1 aromatic rings. The zero-order valence-electron chi connectivity index (χ0n) is 12.6. The third-order valence-electron chi connectivity index (χ3n) is 2.53. The number of carbonyl (C=O) groups is 1. The van der Waals surface area contributed by atoms with Gasteiger partial charge in [-0.2, -0.15) is 13.1 Å². The summed E-state index contributed by atoms with van der Waals surface area (Å²) in [5.74, 6) is -0.391. The molecule has 1 amide bonds. The number of para-hydroxylation sites is 1. The molecule has 1 N–H and O–H groups in total. The molecule has 0 aliphatic carbocycles. The van der Waals surface area contributed by atoms with Gasteiger partial charge in [0.2, 0.25) is 0 Å². The minimum absolute atomic E-state index is 0.286. The lowest BCUT2D eigenvalue weighted by Gasteiger charge is -2.22. The van der Waals surface area contributed by atoms with Crippen LogP contribution in [0.1, 0.15) is 27.2 Å². The van der Waals surface area contributed by atoms with Gasteiger partial charge >= 0.3 is 10.3 Å². The average Bonchev–Trinajstić information content (AvgIpc) is 2.42. The van der Waals surface area contributed by atoms with Crippen molar-refractivity contribution >= 4 is 21.9 Å². The smallest absolute Gasteiger partial charge is 0.310 e. The number of hydrogen-bond donors (Lipinski definition) is 1. The summed E-state index contributed by atoms with van der Waals surface area (Å²) in [6.45, 7) is 5.29. The lowest BCUT2D eigenvalue weighted by molar-refractivity contribution is -0.120. The van der Waals surface area contributed by atoms with E-state index in [9.17, 15) is 13.2 Å². The van der Waals surface area contributed by atoms with Gasteiger partial charge in [-0.3, -0.25) is 4.79 Å². The fourth-order valence-electron chi connectivity index (χ4n) is 1.76. The van der Waals surface area contributed by atoms with Crippen LogP contribution in [0.3, 0.4) is 0 Å². The van der Waals surface area contributed by atoms with E-state index in [0.29, 0.717) is 6.54 Å². The quantitative estimate of drug-likeness (QED) is 0.792. The molecule has 0 aromatic heterocycles. The Bertz CT molecular complexity index is 543. The third-order valence-corrected chi connectivity index (χ3v) is 3.72. The van der Waals surface area contributed by atoms with Crippen LogP contribution in [-0.4, -0.2) is 33.5 Å². The fraction of sp³-hybridized carbons (Fsp3) is 0.500. The lowest BCUT2D eigenvalue weighted by atomic mass is 10.2. The van der Waals surface area contributed by atoms with Gasteiger partial charge in [0.1, 0.15) is 6.61 Å². The number of anilines is 1. The number of amides is 1. The molecule has 0 saturated heterocycles. The number of benzene rings is 1. The van der Waals surface area contributed by atoms with E-state index >= 15 is 0 Å². The second-order valence-corrected chi connectivity index (χ2v) is 6.25. The predicted molar refractivity (Wildman–Crippen MR) is 82.2 cm³/mol. The van der Waals surface area contributed by atoms with Crippen LogP contribution < -0.4 is 9.62 Å². The molecule has 0 fully saturated rings. The van der Waals surface area contributed by atoms with Gasteiger partial charge in [-0.15, -0.1) is 0 Å². The Morgan fingerprint density at radius 1 is 1.29 bits per heavy atom. The van der Waals surface area contributed by atoms with Gasteiger partial charge in [0.15, 0.2) is 0 Å². The Hall–Kier alpha value is -1.44. The minimum atomic E-state index is -3.90. The van der Waals surface area contributed by atoms with Crippen molar-refractivity contribution < 1.29 is 17.4 Å². The zero-order chi connectivity index (χ0) is 15.9. The summed E-state index contributed by atoms with van der Waals surface area (Å²) in [6, 6.07) is 8.81. The summed E-state index contributed by atoms with van der Waals surface area (Å²) in [5.41, 5.74) is 0.724. The van der Waals surface area contributed by atoms with Crippen molar-refractivity contribution in [2.45, 2.75) is 33.2 Å². The number of hydrogen-bond acceptors (Lipinski definition) is 4. The highest BCUT2D eigenvalue weighted by Crippen LogP contribution is 2.14. The SMILES string of the molecule is CCCN(C(=O)COS(=O)(=O)NC(C)C)c1ccccc1. The Balaban J connectivity index is 2.71. The second-order valence-electron chi connectivity index (χ2n) is 4.87. The molecule has 6 nitrogen and oxygen atoms in total. The van der Waals surface area contributed by atoms with Gasteiger partial charge in [0, 0.05) is 18.3 Å². The molecule has 118 valence electrons. The van der Waals surface area contributed by atoms with Crippen LogP contribution in [0.15, 0.2) is 30.3 Å². The first kappa shape index (κ1) is 17.6. The van der Waals surface area contributed by atoms with E-state index in [2.05, 4.69) is 4.72 Å². The molecule has 0 heterocycles. The van der Waals surface area contributed by atoms with Crippen LogP contribution >= 0.6 is 0 Å². The zero-order valence-corrected chi connectivity index (χ0v) is 13.4. The molecule has 0 spiro atoms. The molecule has 0 aliphatic rings. The van der Waals surface area contributed by atoms with E-state index < -0.39 is 22.8 Å². The first-order valence-electron chi connectivity index (χ1n) is 6.88. The number of nitrogens with zero attached hydrogens (tertiary/aromatic N) is 1. The van der Waals surface area contributed by atoms with Crippen molar-refractivity contribution in [3.63, 3.8) is 0 Å². The molecule has 1 aromatic carbocycles. The van der Waals surface area contributed by atoms with Crippen molar-refractivity contribution in [1.82, 2.24) is 4.72 Å². The van der Waals surface area contributed by atoms with Gasteiger partial charge in [0.05, 0.1) is 0 Å². The Morgan fingerprint density at radius 3 is 2.43 bits per heavy atom. The molecule has 7 heteroatoms. The van der Waals surface area contributed by atoms with E-state index in [1.807, 2.05) is 25.1 Å². The molecule has 0 bridgehead atoms. The minimum Gasteiger partial charge on any atom is -0.310 e. The van der Waals surface area contributed by atoms with Gasteiger partial charge < -0.3 is 4.90 Å². The highest BCUT2D eigenvalue weighted by Gasteiger charge is 2.19. The largest absolute Gasteiger partial charge is 0.336 e. The van der Waals surface area contributed by atoms with Gasteiger partial charge in [-0.25, -0.2) is 4.18 Å². The van der Waals surface area contributed by atoms with Crippen molar-refractivity contribution in [1.29, 1.82) is 0 Å². The summed E-state index contributed by atoms with van der Waals surface area (Å²) in [7, 11) is -3.90. The van der Waals surface area contributed by atoms with E-state index in [-0.39, 0.29) is 6.04 Å². The Kier molecular flexibility index (Phi) is 6.80. The maximum Gasteiger partial charge on any atom is 0.336 e. The molecule has 0 saturated carbocycles. The predicted octanol–water partition coefficient (Wildman–Crippen LogP) is 1.69. The normalized spacial score (nSPS) is 11.6. The van der Waals surface area contributed by atoms with Crippen LogP contribution in [0.5, 0.6) is 0 Å². The topological polar surface area (TPSA) is 75.7 Å². The monoisotopic (exact) mass is 314 g/mol. The maximum absolute atomic E-state index is 12.2. The highest BCUT2D eigenvalue weighted by atomic mass is 32.2. The van der Waals surface area contributed by atoms with Crippen LogP contribution in [0, 0.1) is 0 Å². The molecule has 0 radical (unpaired) electrons. The summed E-state index contributed by atoms with van der Waals surface area (Å²) >= 11 is 0. The molecule has 0 unspecified atom stereocenters. The fourth-order valence-corrected chi connectivity index (χ4v) is 2.66. The van der Waals surface area contributed by atoms with Gasteiger partial charge in [0.25, 0.3) is 5.91 Å². The number of nitrogens with one attached hydrogen (secondary N) is 1. The molecule has 0 aliphatic heterocycles. The second kappa shape index (κ2) is 8.11. The van der Waals surface area contributed by atoms with Crippen molar-refractivity contribution in [3.8, 4) is 0 Å². The van der Waals surface area contributed by atoms with Crippen LogP contribution in [0.2, 0.25) is 0 Å². The standard InChI is InChI=1S/C14H22N2O4S/c1-4-10-16(13-8-6-5-7-9-13)14(17)11-20-21(18,19)15-12(2)3/h5-9,12,15H,4,10-11H2,1-3H3. The number of rotatable bonds is 8. The summed E-state index contributed by atoms with van der Waals surface area (Å²) in [6.07, 6.45) is 0.762. The first-order chi connectivity index (χ1) is 9.85. The van der Waals surface area contributed by atoms with Crippen molar-refractivity contribution in [3.05, 3.63) is 30.3 Å². The van der Waals surface area contributed by atoms with E-state index in [1.54, 1.807) is 26.0 Å². The van der Waals surface area contributed by atoms with Gasteiger partial charge in [-0.05, 0) is 32.4 Å². The first-order valence-corrected chi connectivity index (χ1v) is 8.28. The molecule has 1 rings (SSSR count). The summed E-state index contributed by atoms with van der Waals surface area (Å²) < 4.78 is 30.1. The van der Waals surface area contributed by atoms with E-state index in [0.717, 1.165) is 12.1 Å². The van der Waals surface area contributed by atoms with Crippen molar-refractivity contribution in [2.75, 3.05) is 18.1 Å². The Labute approximate surface area is 126 Å². The maximum atomic E-state index is 12.2. The average molecular weight is 314 g/mol. The molecular weight excluding hydrogens is 292 g/mol. The lowest BCUT2D eigenvalue weighted by Crippen LogP contribution is -2.38. The summed E-state index contributed by atoms with van der Waals surface area (Å²) in [5, 5.41) is 0. The third kappa shape index (κ3) is 6.24.